The first-order valence-electron chi connectivity index (χ1n) is 8.08. The second-order valence-electron chi connectivity index (χ2n) is 5.52. The normalized spacial score (nSPS) is 12.0. The van der Waals surface area contributed by atoms with Gasteiger partial charge < -0.3 is 9.47 Å². The summed E-state index contributed by atoms with van der Waals surface area (Å²) in [5, 5.41) is 4.62. The van der Waals surface area contributed by atoms with Crippen molar-refractivity contribution in [3.8, 4) is 11.5 Å². The van der Waals surface area contributed by atoms with Gasteiger partial charge in [-0.3, -0.25) is 4.79 Å². The Labute approximate surface area is 166 Å². The van der Waals surface area contributed by atoms with Gasteiger partial charge in [0.25, 0.3) is 5.91 Å². The van der Waals surface area contributed by atoms with Crippen molar-refractivity contribution in [1.29, 1.82) is 0 Å². The number of halogens is 2. The van der Waals surface area contributed by atoms with Crippen LogP contribution in [0.5, 0.6) is 11.5 Å². The van der Waals surface area contributed by atoms with Crippen LogP contribution in [0.2, 0.25) is 5.02 Å². The van der Waals surface area contributed by atoms with Crippen LogP contribution in [-0.2, 0) is 4.79 Å². The van der Waals surface area contributed by atoms with Crippen molar-refractivity contribution in [2.45, 2.75) is 26.9 Å². The molecular formula is C19H20BrClN2O3. The molecule has 1 amide bonds. The van der Waals surface area contributed by atoms with Crippen molar-refractivity contribution in [3.05, 3.63) is 57.0 Å². The summed E-state index contributed by atoms with van der Waals surface area (Å²) in [5.74, 6) is 0.935. The first-order chi connectivity index (χ1) is 12.4. The molecule has 0 saturated heterocycles. The van der Waals surface area contributed by atoms with Gasteiger partial charge >= 0.3 is 0 Å². The van der Waals surface area contributed by atoms with Crippen LogP contribution in [0.3, 0.4) is 0 Å². The number of aryl methyl sites for hydroxylation is 1. The van der Waals surface area contributed by atoms with Gasteiger partial charge in [0.1, 0.15) is 11.5 Å². The van der Waals surface area contributed by atoms with E-state index in [0.29, 0.717) is 23.1 Å². The Bertz CT molecular complexity index is 811. The zero-order chi connectivity index (χ0) is 19.1. The highest BCUT2D eigenvalue weighted by atomic mass is 79.9. The Balaban J connectivity index is 1.99. The Morgan fingerprint density at radius 2 is 2.04 bits per heavy atom. The smallest absolute Gasteiger partial charge is 0.280 e. The highest BCUT2D eigenvalue weighted by Gasteiger charge is 2.15. The van der Waals surface area contributed by atoms with E-state index in [4.69, 9.17) is 21.1 Å². The molecule has 0 heterocycles. The van der Waals surface area contributed by atoms with Gasteiger partial charge in [-0.05, 0) is 62.7 Å². The molecule has 0 aliphatic heterocycles. The lowest BCUT2D eigenvalue weighted by molar-refractivity contribution is -0.127. The minimum Gasteiger partial charge on any atom is -0.493 e. The second-order valence-corrected chi connectivity index (χ2v) is 6.87. The quantitative estimate of drug-likeness (QED) is 0.501. The van der Waals surface area contributed by atoms with E-state index >= 15 is 0 Å². The molecule has 0 fully saturated rings. The second kappa shape index (κ2) is 9.59. The summed E-state index contributed by atoms with van der Waals surface area (Å²) in [7, 11) is 0. The van der Waals surface area contributed by atoms with E-state index in [2.05, 4.69) is 26.5 Å². The number of amides is 1. The van der Waals surface area contributed by atoms with Gasteiger partial charge in [-0.1, -0.05) is 27.5 Å². The third kappa shape index (κ3) is 5.75. The third-order valence-corrected chi connectivity index (χ3v) is 4.19. The predicted octanol–water partition coefficient (Wildman–Crippen LogP) is 4.73. The molecule has 2 aromatic carbocycles. The molecule has 0 saturated carbocycles. The largest absolute Gasteiger partial charge is 0.493 e. The molecular weight excluding hydrogens is 420 g/mol. The number of rotatable bonds is 7. The molecule has 0 aromatic heterocycles. The van der Waals surface area contributed by atoms with Crippen molar-refractivity contribution in [2.75, 3.05) is 6.61 Å². The summed E-state index contributed by atoms with van der Waals surface area (Å²) in [5.41, 5.74) is 4.09. The van der Waals surface area contributed by atoms with Crippen molar-refractivity contribution in [2.24, 2.45) is 5.10 Å². The highest BCUT2D eigenvalue weighted by molar-refractivity contribution is 9.10. The first kappa shape index (κ1) is 20.3. The van der Waals surface area contributed by atoms with Gasteiger partial charge in [0.2, 0.25) is 0 Å². The summed E-state index contributed by atoms with van der Waals surface area (Å²) >= 11 is 9.33. The fraction of sp³-hybridized carbons (Fsp3) is 0.263. The van der Waals surface area contributed by atoms with Crippen LogP contribution in [-0.4, -0.2) is 24.8 Å². The number of carbonyl (C=O) groups is 1. The molecule has 1 atom stereocenters. The molecule has 0 spiro atoms. The standard InChI is InChI=1S/C19H20BrClN2O3/c1-4-25-18-7-5-15(20)10-14(18)11-22-23-19(24)13(3)26-17-8-6-16(21)9-12(17)2/h5-11,13H,4H2,1-3H3,(H,23,24)/b22-11+. The Morgan fingerprint density at radius 1 is 1.31 bits per heavy atom. The van der Waals surface area contributed by atoms with Crippen molar-refractivity contribution in [3.63, 3.8) is 0 Å². The molecule has 1 N–H and O–H groups in total. The maximum atomic E-state index is 12.2. The molecule has 0 aliphatic carbocycles. The van der Waals surface area contributed by atoms with E-state index in [0.717, 1.165) is 15.6 Å². The lowest BCUT2D eigenvalue weighted by Crippen LogP contribution is -2.33. The summed E-state index contributed by atoms with van der Waals surface area (Å²) in [6.45, 7) is 5.97. The van der Waals surface area contributed by atoms with E-state index < -0.39 is 6.10 Å². The van der Waals surface area contributed by atoms with Gasteiger partial charge in [-0.2, -0.15) is 5.10 Å². The maximum absolute atomic E-state index is 12.2. The minimum absolute atomic E-state index is 0.358. The number of hydrazone groups is 1. The van der Waals surface area contributed by atoms with Crippen LogP contribution in [0.25, 0.3) is 0 Å². The molecule has 26 heavy (non-hydrogen) atoms. The molecule has 1 unspecified atom stereocenters. The lowest BCUT2D eigenvalue weighted by atomic mass is 10.2. The van der Waals surface area contributed by atoms with Gasteiger partial charge in [-0.25, -0.2) is 5.43 Å². The molecule has 2 rings (SSSR count). The molecule has 0 radical (unpaired) electrons. The topological polar surface area (TPSA) is 59.9 Å². The third-order valence-electron chi connectivity index (χ3n) is 3.46. The molecule has 0 bridgehead atoms. The van der Waals surface area contributed by atoms with Gasteiger partial charge in [0.15, 0.2) is 6.10 Å². The van der Waals surface area contributed by atoms with Gasteiger partial charge in [-0.15, -0.1) is 0 Å². The van der Waals surface area contributed by atoms with E-state index in [9.17, 15) is 4.79 Å². The fourth-order valence-electron chi connectivity index (χ4n) is 2.15. The molecule has 0 aliphatic rings. The van der Waals surface area contributed by atoms with Gasteiger partial charge in [0, 0.05) is 15.1 Å². The van der Waals surface area contributed by atoms with E-state index in [1.165, 1.54) is 6.21 Å². The van der Waals surface area contributed by atoms with Gasteiger partial charge in [0.05, 0.1) is 12.8 Å². The molecule has 7 heteroatoms. The first-order valence-corrected chi connectivity index (χ1v) is 9.26. The van der Waals surface area contributed by atoms with Crippen LogP contribution in [0, 0.1) is 6.92 Å². The number of nitrogens with zero attached hydrogens (tertiary/aromatic N) is 1. The van der Waals surface area contributed by atoms with E-state index in [1.54, 1.807) is 25.1 Å². The number of nitrogens with one attached hydrogen (secondary N) is 1. The Hall–Kier alpha value is -2.05. The zero-order valence-corrected chi connectivity index (χ0v) is 17.1. The van der Waals surface area contributed by atoms with Crippen molar-refractivity contribution >= 4 is 39.7 Å². The van der Waals surface area contributed by atoms with E-state index in [-0.39, 0.29) is 5.91 Å². The fourth-order valence-corrected chi connectivity index (χ4v) is 2.76. The molecule has 2 aromatic rings. The van der Waals surface area contributed by atoms with Crippen LogP contribution < -0.4 is 14.9 Å². The maximum Gasteiger partial charge on any atom is 0.280 e. The number of ether oxygens (including phenoxy) is 2. The number of benzene rings is 2. The summed E-state index contributed by atoms with van der Waals surface area (Å²) in [6.07, 6.45) is 0.828. The van der Waals surface area contributed by atoms with Crippen molar-refractivity contribution < 1.29 is 14.3 Å². The number of carbonyl (C=O) groups excluding carboxylic acids is 1. The predicted molar refractivity (Wildman–Crippen MR) is 107 cm³/mol. The minimum atomic E-state index is -0.708. The summed E-state index contributed by atoms with van der Waals surface area (Å²) < 4.78 is 12.1. The average Bonchev–Trinajstić information content (AvgIpc) is 2.59. The van der Waals surface area contributed by atoms with Crippen molar-refractivity contribution in [1.82, 2.24) is 5.43 Å². The summed E-state index contributed by atoms with van der Waals surface area (Å²) in [4.78, 5) is 12.2. The van der Waals surface area contributed by atoms with Crippen LogP contribution in [0.1, 0.15) is 25.0 Å². The highest BCUT2D eigenvalue weighted by Crippen LogP contribution is 2.23. The number of hydrogen-bond donors (Lipinski definition) is 1. The van der Waals surface area contributed by atoms with Crippen LogP contribution >= 0.6 is 27.5 Å². The molecule has 138 valence electrons. The Kier molecular flexibility index (Phi) is 7.48. The van der Waals surface area contributed by atoms with E-state index in [1.807, 2.05) is 32.0 Å². The zero-order valence-electron chi connectivity index (χ0n) is 14.8. The lowest BCUT2D eigenvalue weighted by Gasteiger charge is -2.15. The number of hydrogen-bond acceptors (Lipinski definition) is 4. The monoisotopic (exact) mass is 438 g/mol. The van der Waals surface area contributed by atoms with Crippen LogP contribution in [0.15, 0.2) is 46.0 Å². The summed E-state index contributed by atoms with van der Waals surface area (Å²) in [6, 6.07) is 10.8. The van der Waals surface area contributed by atoms with Crippen LogP contribution in [0.4, 0.5) is 0 Å². The Morgan fingerprint density at radius 3 is 2.73 bits per heavy atom. The SMILES string of the molecule is CCOc1ccc(Br)cc1/C=N/NC(=O)C(C)Oc1ccc(Cl)cc1C. The average molecular weight is 440 g/mol. The molecule has 5 nitrogen and oxygen atoms in total.